The Morgan fingerprint density at radius 3 is 1.18 bits per heavy atom. The molecule has 106 heavy (non-hydrogen) atoms. The highest BCUT2D eigenvalue weighted by Gasteiger charge is 2.47. The number of phosphoric acid groups is 2. The third-order valence-corrected chi connectivity index (χ3v) is 21.0. The van der Waals surface area contributed by atoms with Gasteiger partial charge in [0.15, 0.2) is 59.2 Å². The average Bonchev–Trinajstić information content (AvgIpc) is 1.64. The molecule has 12 unspecified atom stereocenters. The molecule has 37 heteroatoms. The van der Waals surface area contributed by atoms with Crippen molar-refractivity contribution >= 4 is 90.5 Å². The molecule has 0 saturated carbocycles. The third-order valence-electron chi connectivity index (χ3n) is 19.0. The van der Waals surface area contributed by atoms with Gasteiger partial charge < -0.3 is 65.3 Å². The monoisotopic (exact) mass is 1530 g/mol. The van der Waals surface area contributed by atoms with Crippen molar-refractivity contribution in [2.75, 3.05) is 50.2 Å². The van der Waals surface area contributed by atoms with E-state index in [9.17, 15) is 43.2 Å². The van der Waals surface area contributed by atoms with Crippen LogP contribution in [0, 0.1) is 0 Å². The van der Waals surface area contributed by atoms with Gasteiger partial charge in [-0.15, -0.1) is 0 Å². The molecule has 0 aliphatic carbocycles. The zero-order chi connectivity index (χ0) is 75.3. The zero-order valence-electron chi connectivity index (χ0n) is 60.9. The van der Waals surface area contributed by atoms with Crippen molar-refractivity contribution in [1.29, 1.82) is 0 Å². The van der Waals surface area contributed by atoms with Crippen molar-refractivity contribution in [2.24, 2.45) is 0 Å². The fraction of sp³-hybridized carbons (Fsp3) is 0.725. The molecule has 0 radical (unpaired) electrons. The van der Waals surface area contributed by atoms with Crippen LogP contribution < -0.4 is 17.2 Å². The van der Waals surface area contributed by atoms with Gasteiger partial charge in [0, 0.05) is 32.1 Å². The first-order valence-corrected chi connectivity index (χ1v) is 40.7. The molecular weight excluding hydrogens is 1420 g/mol. The minimum Gasteiger partial charge on any atom is -0.462 e. The summed E-state index contributed by atoms with van der Waals surface area (Å²) >= 11 is 0. The van der Waals surface area contributed by atoms with Crippen LogP contribution in [0.15, 0.2) is 38.0 Å². The van der Waals surface area contributed by atoms with Crippen molar-refractivity contribution in [3.05, 3.63) is 38.0 Å². The SMILES string of the molecule is CCCCCCCCCCCCCCCC(=O)OCC(COC(=O)CCC(=O)OC1CC(COP(=O)(O)OC2CC(COP(=O)(O)OC3CC(CO)OC3n3cnc4c(N)ncnc43)OC2n2cnc3c(N)ncnc32)OC1n1cnc2c(N)ncnc21)OC(=O)CCCCCCCCCCCCCCC. The molecule has 9 heterocycles. The van der Waals surface area contributed by atoms with Gasteiger partial charge in [-0.25, -0.2) is 54.0 Å². The number of nitrogens with zero attached hydrogens (tertiary/aromatic N) is 12. The lowest BCUT2D eigenvalue weighted by Gasteiger charge is -2.23. The highest BCUT2D eigenvalue weighted by Crippen LogP contribution is 2.53. The topological polar surface area (TPSA) is 473 Å². The van der Waals surface area contributed by atoms with Gasteiger partial charge in [0.2, 0.25) is 0 Å². The number of carbonyl (C=O) groups excluding carboxylic acids is 4. The van der Waals surface area contributed by atoms with E-state index in [4.69, 9.17) is 68.5 Å². The van der Waals surface area contributed by atoms with Gasteiger partial charge in [0.1, 0.15) is 67.1 Å². The van der Waals surface area contributed by atoms with Crippen molar-refractivity contribution < 1.29 is 94.5 Å². The number of hydrogen-bond donors (Lipinski definition) is 6. The van der Waals surface area contributed by atoms with Gasteiger partial charge in [-0.2, -0.15) is 0 Å². The Hall–Kier alpha value is -7.01. The van der Waals surface area contributed by atoms with Crippen LogP contribution in [0.5, 0.6) is 0 Å². The molecule has 3 saturated heterocycles. The van der Waals surface area contributed by atoms with E-state index in [0.29, 0.717) is 12.8 Å². The number of nitrogen functional groups attached to an aromatic ring is 3. The first-order valence-electron chi connectivity index (χ1n) is 37.7. The number of hydrogen-bond acceptors (Lipinski definition) is 30. The molecular formula is C69H107N15O20P2. The maximum absolute atomic E-state index is 14.2. The van der Waals surface area contributed by atoms with E-state index in [2.05, 4.69) is 58.7 Å². The highest BCUT2D eigenvalue weighted by atomic mass is 31.2. The van der Waals surface area contributed by atoms with Gasteiger partial charge in [-0.05, 0) is 12.8 Å². The number of phosphoric ester groups is 2. The molecule has 35 nitrogen and oxygen atoms in total. The number of anilines is 3. The predicted octanol–water partition coefficient (Wildman–Crippen LogP) is 10.8. The Balaban J connectivity index is 0.772. The number of aliphatic hydroxyl groups excluding tert-OH is 1. The quantitative estimate of drug-likeness (QED) is 0.00894. The average molecular weight is 1530 g/mol. The van der Waals surface area contributed by atoms with Crippen molar-refractivity contribution in [3.63, 3.8) is 0 Å². The Bertz CT molecular complexity index is 3810. The largest absolute Gasteiger partial charge is 0.472 e. The molecule has 9 rings (SSSR count). The lowest BCUT2D eigenvalue weighted by atomic mass is 10.0. The molecule has 12 atom stereocenters. The van der Waals surface area contributed by atoms with Crippen LogP contribution in [0.1, 0.15) is 244 Å². The molecule has 0 spiro atoms. The molecule has 3 aliphatic rings. The van der Waals surface area contributed by atoms with E-state index in [1.165, 1.54) is 161 Å². The number of imidazole rings is 3. The Kier molecular flexibility index (Phi) is 33.4. The van der Waals surface area contributed by atoms with Crippen LogP contribution in [0.2, 0.25) is 0 Å². The van der Waals surface area contributed by atoms with Gasteiger partial charge in [-0.3, -0.25) is 51.0 Å². The minimum atomic E-state index is -5.17. The Morgan fingerprint density at radius 1 is 0.453 bits per heavy atom. The molecule has 0 aromatic carbocycles. The summed E-state index contributed by atoms with van der Waals surface area (Å²) in [7, 11) is -10.2. The number of nitrogens with two attached hydrogens (primary N) is 3. The minimum absolute atomic E-state index is 0.00771. The third kappa shape index (κ3) is 25.6. The molecule has 0 bridgehead atoms. The second kappa shape index (κ2) is 42.7. The normalized spacial score (nSPS) is 21.7. The number of carbonyl (C=O) groups is 4. The number of aromatic nitrogens is 12. The summed E-state index contributed by atoms with van der Waals surface area (Å²) in [6.45, 7) is 1.94. The maximum atomic E-state index is 14.2. The van der Waals surface area contributed by atoms with Gasteiger partial charge in [0.05, 0.1) is 70.0 Å². The van der Waals surface area contributed by atoms with Crippen molar-refractivity contribution in [3.8, 4) is 0 Å². The summed E-state index contributed by atoms with van der Waals surface area (Å²) in [6, 6.07) is 0. The van der Waals surface area contributed by atoms with Crippen molar-refractivity contribution in [1.82, 2.24) is 58.6 Å². The summed E-state index contributed by atoms with van der Waals surface area (Å²) in [5.74, 6) is -2.53. The fourth-order valence-electron chi connectivity index (χ4n) is 13.3. The summed E-state index contributed by atoms with van der Waals surface area (Å²) < 4.78 is 96.1. The maximum Gasteiger partial charge on any atom is 0.472 e. The summed E-state index contributed by atoms with van der Waals surface area (Å²) in [6.07, 6.45) is 24.9. The Labute approximate surface area is 616 Å². The second-order valence-corrected chi connectivity index (χ2v) is 30.2. The summed E-state index contributed by atoms with van der Waals surface area (Å²) in [4.78, 5) is 114. The molecule has 0 amide bonds. The van der Waals surface area contributed by atoms with E-state index in [-0.39, 0.29) is 89.7 Å². The number of rotatable bonds is 51. The highest BCUT2D eigenvalue weighted by molar-refractivity contribution is 7.47. The number of unbranched alkanes of at least 4 members (excludes halogenated alkanes) is 24. The molecule has 6 aromatic rings. The Morgan fingerprint density at radius 2 is 0.783 bits per heavy atom. The predicted molar refractivity (Wildman–Crippen MR) is 385 cm³/mol. The van der Waals surface area contributed by atoms with E-state index < -0.39 is 140 Å². The molecule has 3 fully saturated rings. The molecule has 3 aliphatic heterocycles. The number of aliphatic hydroxyl groups is 1. The van der Waals surface area contributed by atoms with E-state index in [1.54, 1.807) is 0 Å². The van der Waals surface area contributed by atoms with E-state index in [1.807, 2.05) is 0 Å². The van der Waals surface area contributed by atoms with Crippen LogP contribution in [-0.4, -0.2) is 173 Å². The van der Waals surface area contributed by atoms with Crippen LogP contribution in [0.3, 0.4) is 0 Å². The number of esters is 4. The first kappa shape index (κ1) is 83.0. The number of ether oxygens (including phenoxy) is 7. The first-order chi connectivity index (χ1) is 51.3. The molecule has 9 N–H and O–H groups in total. The van der Waals surface area contributed by atoms with Gasteiger partial charge in [0.25, 0.3) is 0 Å². The van der Waals surface area contributed by atoms with E-state index in [0.717, 1.165) is 44.9 Å². The van der Waals surface area contributed by atoms with E-state index >= 15 is 0 Å². The second-order valence-electron chi connectivity index (χ2n) is 27.4. The van der Waals surface area contributed by atoms with Crippen LogP contribution in [-0.2, 0) is 79.6 Å². The summed E-state index contributed by atoms with van der Waals surface area (Å²) in [5.41, 5.74) is 19.4. The van der Waals surface area contributed by atoms with Crippen LogP contribution in [0.4, 0.5) is 17.5 Å². The molecule has 6 aromatic heterocycles. The zero-order valence-corrected chi connectivity index (χ0v) is 62.7. The van der Waals surface area contributed by atoms with Crippen molar-refractivity contribution in [2.45, 2.75) is 287 Å². The lowest BCUT2D eigenvalue weighted by molar-refractivity contribution is -0.167. The van der Waals surface area contributed by atoms with Gasteiger partial charge in [-0.1, -0.05) is 168 Å². The lowest BCUT2D eigenvalue weighted by Crippen LogP contribution is -2.31. The van der Waals surface area contributed by atoms with Crippen LogP contribution in [0.25, 0.3) is 33.5 Å². The van der Waals surface area contributed by atoms with Crippen LogP contribution >= 0.6 is 15.6 Å². The number of fused-ring (bicyclic) bond motifs is 3. The van der Waals surface area contributed by atoms with Gasteiger partial charge >= 0.3 is 39.5 Å². The smallest absolute Gasteiger partial charge is 0.462 e. The standard InChI is InChI=1S/C69H107N15O20P2/c1-3-5-7-9-11-13-15-17-19-21-23-25-27-29-54(86)94-37-50(98-56(88)30-28-26-24-22-20-18-16-14-12-10-8-6-4-2)38-95-55(87)31-32-57(89)102-51-34-48(100-67(51)82-44-79-58-61(70)73-41-76-64(58)82)39-96-106(92,93)104-53-35-49(101-69(53)84-46-81-60-63(72)75-43-78-66(60)84)40-97-105(90,91)103-52-33-47(36-85)99-68(52)83-45-80-59-62(71)74-42-77-65(59)83/h41-53,67-69,85H,3-40H2,1-2H3,(H,90,91)(H,92,93)(H2,70,73,76)(H2,71,74,77)(H2,72,75,78). The molecule has 588 valence electrons. The fourth-order valence-corrected chi connectivity index (χ4v) is 15.2. The summed E-state index contributed by atoms with van der Waals surface area (Å²) in [5, 5.41) is 10.0.